The third-order valence-electron chi connectivity index (χ3n) is 6.61. The summed E-state index contributed by atoms with van der Waals surface area (Å²) in [6.07, 6.45) is 27.2. The summed E-state index contributed by atoms with van der Waals surface area (Å²) in [5, 5.41) is 0. The van der Waals surface area contributed by atoms with Crippen LogP contribution in [0.25, 0.3) is 0 Å². The lowest BCUT2D eigenvalue weighted by Gasteiger charge is -2.07. The average Bonchev–Trinajstić information content (AvgIpc) is 2.84. The van der Waals surface area contributed by atoms with Crippen LogP contribution < -0.4 is 5.73 Å². The number of hydrogen-bond acceptors (Lipinski definition) is 3. The second-order valence-electron chi connectivity index (χ2n) is 9.99. The Kier molecular flexibility index (Phi) is 24.1. The van der Waals surface area contributed by atoms with Gasteiger partial charge in [-0.15, -0.1) is 0 Å². The molecule has 35 heavy (non-hydrogen) atoms. The first-order valence-electron chi connectivity index (χ1n) is 14.7. The molecule has 0 radical (unpaired) electrons. The highest BCUT2D eigenvalue weighted by atomic mass is 32.2. The predicted octanol–water partition coefficient (Wildman–Crippen LogP) is 9.26. The zero-order valence-electron chi connectivity index (χ0n) is 23.1. The Labute approximate surface area is 218 Å². The Morgan fingerprint density at radius 2 is 0.971 bits per heavy atom. The van der Waals surface area contributed by atoms with Crippen LogP contribution in [0.4, 0.5) is 0 Å². The van der Waals surface area contributed by atoms with Crippen LogP contribution in [0, 0.1) is 0 Å². The highest BCUT2D eigenvalue weighted by molar-refractivity contribution is 7.85. The predicted molar refractivity (Wildman–Crippen MR) is 153 cm³/mol. The smallest absolute Gasteiger partial charge is 0.294 e. The van der Waals surface area contributed by atoms with E-state index in [0.717, 1.165) is 24.9 Å². The molecule has 1 aromatic carbocycles. The van der Waals surface area contributed by atoms with E-state index in [1.54, 1.807) is 12.1 Å². The second-order valence-corrected chi connectivity index (χ2v) is 11.4. The molecule has 0 aliphatic heterocycles. The first-order valence-corrected chi connectivity index (χ1v) is 16.2. The fraction of sp³-hybridized carbons (Fsp3) is 0.800. The molecule has 0 bridgehead atoms. The molecule has 0 saturated carbocycles. The van der Waals surface area contributed by atoms with E-state index >= 15 is 0 Å². The van der Waals surface area contributed by atoms with E-state index in [1.165, 1.54) is 122 Å². The molecular weight excluding hydrogens is 454 g/mol. The first kappa shape index (κ1) is 34.1. The molecule has 0 fully saturated rings. The molecule has 5 heteroatoms. The van der Waals surface area contributed by atoms with Gasteiger partial charge in [0.25, 0.3) is 10.1 Å². The number of nitrogens with two attached hydrogens (primary N) is 1. The summed E-state index contributed by atoms with van der Waals surface area (Å²) < 4.78 is 31.8. The van der Waals surface area contributed by atoms with Gasteiger partial charge in [-0.1, -0.05) is 148 Å². The van der Waals surface area contributed by atoms with Gasteiger partial charge in [0, 0.05) is 0 Å². The molecule has 1 rings (SSSR count). The van der Waals surface area contributed by atoms with E-state index in [2.05, 4.69) is 13.8 Å². The summed E-state index contributed by atoms with van der Waals surface area (Å²) in [5.74, 6) is 0. The Balaban J connectivity index is 0.000000761. The minimum absolute atomic E-state index is 0.0610. The summed E-state index contributed by atoms with van der Waals surface area (Å²) in [6.45, 7) is 5.38. The van der Waals surface area contributed by atoms with Crippen molar-refractivity contribution < 1.29 is 13.0 Å². The van der Waals surface area contributed by atoms with Crippen LogP contribution in [0.1, 0.15) is 148 Å². The van der Waals surface area contributed by atoms with Crippen molar-refractivity contribution in [3.8, 4) is 0 Å². The molecular formula is C30H57NO3S. The van der Waals surface area contributed by atoms with Crippen molar-refractivity contribution in [2.75, 3.05) is 6.54 Å². The van der Waals surface area contributed by atoms with Crippen molar-refractivity contribution >= 4 is 10.1 Å². The van der Waals surface area contributed by atoms with Crippen LogP contribution in [0.3, 0.4) is 0 Å². The lowest BCUT2D eigenvalue weighted by atomic mass is 10.0. The topological polar surface area (TPSA) is 80.4 Å². The van der Waals surface area contributed by atoms with Crippen LogP contribution in [-0.2, 0) is 16.5 Å². The van der Waals surface area contributed by atoms with Crippen LogP contribution in [0.15, 0.2) is 29.2 Å². The molecule has 0 unspecified atom stereocenters. The van der Waals surface area contributed by atoms with Crippen molar-refractivity contribution in [3.05, 3.63) is 29.8 Å². The SMILES string of the molecule is CCCCCCCCCCCCN.CCCCCCCCCCCCc1ccccc1S(=O)(=O)O. The zero-order valence-corrected chi connectivity index (χ0v) is 23.9. The van der Waals surface area contributed by atoms with Gasteiger partial charge >= 0.3 is 0 Å². The maximum Gasteiger partial charge on any atom is 0.294 e. The summed E-state index contributed by atoms with van der Waals surface area (Å²) >= 11 is 0. The van der Waals surface area contributed by atoms with Crippen molar-refractivity contribution in [2.24, 2.45) is 5.73 Å². The molecule has 4 nitrogen and oxygen atoms in total. The van der Waals surface area contributed by atoms with Crippen LogP contribution in [0.5, 0.6) is 0 Å². The molecule has 0 spiro atoms. The molecule has 0 heterocycles. The van der Waals surface area contributed by atoms with Gasteiger partial charge in [-0.2, -0.15) is 8.42 Å². The van der Waals surface area contributed by atoms with E-state index < -0.39 is 10.1 Å². The second kappa shape index (κ2) is 24.8. The third kappa shape index (κ3) is 22.0. The van der Waals surface area contributed by atoms with E-state index in [9.17, 15) is 13.0 Å². The number of aryl methyl sites for hydroxylation is 1. The van der Waals surface area contributed by atoms with Crippen molar-refractivity contribution in [1.82, 2.24) is 0 Å². The summed E-state index contributed by atoms with van der Waals surface area (Å²) in [7, 11) is -4.10. The molecule has 1 aromatic rings. The van der Waals surface area contributed by atoms with Crippen LogP contribution in [-0.4, -0.2) is 19.5 Å². The fourth-order valence-corrected chi connectivity index (χ4v) is 5.15. The molecule has 206 valence electrons. The summed E-state index contributed by atoms with van der Waals surface area (Å²) in [4.78, 5) is 0.0610. The Morgan fingerprint density at radius 3 is 1.37 bits per heavy atom. The average molecular weight is 512 g/mol. The number of hydrogen-bond donors (Lipinski definition) is 2. The van der Waals surface area contributed by atoms with Gasteiger partial charge in [0.1, 0.15) is 0 Å². The molecule has 3 N–H and O–H groups in total. The normalized spacial score (nSPS) is 11.3. The number of unbranched alkanes of at least 4 members (excludes halogenated alkanes) is 18. The number of rotatable bonds is 22. The van der Waals surface area contributed by atoms with Gasteiger partial charge in [-0.25, -0.2) is 0 Å². The molecule has 0 aliphatic rings. The molecule has 0 amide bonds. The molecule has 0 aromatic heterocycles. The van der Waals surface area contributed by atoms with E-state index in [-0.39, 0.29) is 4.90 Å². The van der Waals surface area contributed by atoms with Gasteiger partial charge in [-0.05, 0) is 37.4 Å². The minimum atomic E-state index is -4.10. The van der Waals surface area contributed by atoms with Gasteiger partial charge < -0.3 is 5.73 Å². The fourth-order valence-electron chi connectivity index (χ4n) is 4.40. The van der Waals surface area contributed by atoms with Gasteiger partial charge in [0.15, 0.2) is 0 Å². The monoisotopic (exact) mass is 511 g/mol. The largest absolute Gasteiger partial charge is 0.330 e. The van der Waals surface area contributed by atoms with E-state index in [4.69, 9.17) is 5.73 Å². The molecule has 0 atom stereocenters. The highest BCUT2D eigenvalue weighted by Crippen LogP contribution is 2.18. The van der Waals surface area contributed by atoms with Gasteiger partial charge in [0.2, 0.25) is 0 Å². The van der Waals surface area contributed by atoms with Crippen molar-refractivity contribution in [2.45, 2.75) is 154 Å². The Hall–Kier alpha value is -0.910. The molecule has 0 aliphatic carbocycles. The van der Waals surface area contributed by atoms with Crippen LogP contribution in [0.2, 0.25) is 0 Å². The maximum absolute atomic E-state index is 11.3. The quantitative estimate of drug-likeness (QED) is 0.120. The van der Waals surface area contributed by atoms with Crippen LogP contribution >= 0.6 is 0 Å². The Bertz CT molecular complexity index is 666. The van der Waals surface area contributed by atoms with E-state index in [0.29, 0.717) is 6.42 Å². The van der Waals surface area contributed by atoms with Gasteiger partial charge in [0.05, 0.1) is 4.90 Å². The lowest BCUT2D eigenvalue weighted by molar-refractivity contribution is 0.481. The summed E-state index contributed by atoms with van der Waals surface area (Å²) in [5.41, 5.74) is 6.15. The highest BCUT2D eigenvalue weighted by Gasteiger charge is 2.13. The van der Waals surface area contributed by atoms with Crippen molar-refractivity contribution in [1.29, 1.82) is 0 Å². The number of benzene rings is 1. The first-order chi connectivity index (χ1) is 17.0. The summed E-state index contributed by atoms with van der Waals surface area (Å²) in [6, 6.07) is 6.73. The zero-order chi connectivity index (χ0) is 26.0. The third-order valence-corrected chi connectivity index (χ3v) is 7.56. The maximum atomic E-state index is 11.3. The minimum Gasteiger partial charge on any atom is -0.330 e. The van der Waals surface area contributed by atoms with E-state index in [1.807, 2.05) is 6.07 Å². The lowest BCUT2D eigenvalue weighted by Crippen LogP contribution is -2.03. The van der Waals surface area contributed by atoms with Gasteiger partial charge in [-0.3, -0.25) is 4.55 Å². The standard InChI is InChI=1S/C18H30O3S.C12H27N/c1-2-3-4-5-6-7-8-9-10-11-14-17-15-12-13-16-18(17)22(19,20)21;1-2-3-4-5-6-7-8-9-10-11-12-13/h12-13,15-16H,2-11,14H2,1H3,(H,19,20,21);2-13H2,1H3. The molecule has 0 saturated heterocycles. The Morgan fingerprint density at radius 1 is 0.600 bits per heavy atom. The van der Waals surface area contributed by atoms with Crippen molar-refractivity contribution in [3.63, 3.8) is 0 Å².